The third-order valence-electron chi connectivity index (χ3n) is 4.95. The van der Waals surface area contributed by atoms with Gasteiger partial charge in [-0.1, -0.05) is 23.2 Å². The number of methoxy groups -OCH3 is 2. The number of hydrogen-bond acceptors (Lipinski definition) is 4. The van der Waals surface area contributed by atoms with Crippen molar-refractivity contribution in [1.29, 1.82) is 0 Å². The van der Waals surface area contributed by atoms with Gasteiger partial charge in [0.25, 0.3) is 5.91 Å². The zero-order chi connectivity index (χ0) is 21.0. The van der Waals surface area contributed by atoms with E-state index in [0.717, 1.165) is 18.4 Å². The van der Waals surface area contributed by atoms with Crippen LogP contribution in [0.4, 0.5) is 0 Å². The molecule has 0 bridgehead atoms. The largest absolute Gasteiger partial charge is 0.497 e. The van der Waals surface area contributed by atoms with Crippen LogP contribution in [0.2, 0.25) is 10.0 Å². The fourth-order valence-corrected chi connectivity index (χ4v) is 3.78. The molecule has 1 aliphatic heterocycles. The predicted octanol–water partition coefficient (Wildman–Crippen LogP) is 4.10. The first-order valence-electron chi connectivity index (χ1n) is 9.19. The van der Waals surface area contributed by atoms with Gasteiger partial charge >= 0.3 is 0 Å². The van der Waals surface area contributed by atoms with Gasteiger partial charge < -0.3 is 19.7 Å². The molecule has 29 heavy (non-hydrogen) atoms. The molecule has 1 atom stereocenters. The zero-order valence-corrected chi connectivity index (χ0v) is 17.7. The van der Waals surface area contributed by atoms with Gasteiger partial charge in [-0.25, -0.2) is 0 Å². The van der Waals surface area contributed by atoms with Crippen molar-refractivity contribution in [3.8, 4) is 11.5 Å². The van der Waals surface area contributed by atoms with Crippen molar-refractivity contribution < 1.29 is 19.1 Å². The monoisotopic (exact) mass is 436 g/mol. The molecule has 0 spiro atoms. The van der Waals surface area contributed by atoms with E-state index in [-0.39, 0.29) is 29.4 Å². The van der Waals surface area contributed by atoms with Gasteiger partial charge in [-0.15, -0.1) is 0 Å². The van der Waals surface area contributed by atoms with Crippen LogP contribution in [0.5, 0.6) is 11.5 Å². The molecular weight excluding hydrogens is 415 g/mol. The Morgan fingerprint density at radius 3 is 2.59 bits per heavy atom. The molecule has 0 aliphatic carbocycles. The lowest BCUT2D eigenvalue weighted by Gasteiger charge is -2.27. The Bertz CT molecular complexity index is 920. The van der Waals surface area contributed by atoms with E-state index in [1.165, 1.54) is 6.07 Å². The van der Waals surface area contributed by atoms with E-state index < -0.39 is 0 Å². The molecule has 2 aromatic rings. The van der Waals surface area contributed by atoms with Crippen LogP contribution in [-0.2, 0) is 4.79 Å². The van der Waals surface area contributed by atoms with Gasteiger partial charge in [0.15, 0.2) is 0 Å². The predicted molar refractivity (Wildman–Crippen MR) is 112 cm³/mol. The summed E-state index contributed by atoms with van der Waals surface area (Å²) >= 11 is 11.8. The molecule has 8 heteroatoms. The van der Waals surface area contributed by atoms with E-state index in [1.54, 1.807) is 31.3 Å². The van der Waals surface area contributed by atoms with E-state index in [2.05, 4.69) is 5.32 Å². The highest BCUT2D eigenvalue weighted by atomic mass is 35.5. The number of halogens is 2. The Morgan fingerprint density at radius 2 is 1.90 bits per heavy atom. The molecule has 0 unspecified atom stereocenters. The quantitative estimate of drug-likeness (QED) is 0.739. The SMILES string of the molecule is COc1ccc(OC)c([C@H]2CCCN2C(=O)CNC(=O)c2ccc(Cl)c(Cl)c2)c1. The van der Waals surface area contributed by atoms with Crippen molar-refractivity contribution in [3.05, 3.63) is 57.6 Å². The molecule has 3 rings (SSSR count). The number of hydrogen-bond donors (Lipinski definition) is 1. The van der Waals surface area contributed by atoms with Crippen LogP contribution in [0.3, 0.4) is 0 Å². The smallest absolute Gasteiger partial charge is 0.251 e. The third-order valence-corrected chi connectivity index (χ3v) is 5.69. The number of benzene rings is 2. The van der Waals surface area contributed by atoms with Gasteiger partial charge in [-0.2, -0.15) is 0 Å². The summed E-state index contributed by atoms with van der Waals surface area (Å²) in [5.41, 5.74) is 1.24. The van der Waals surface area contributed by atoms with Crippen LogP contribution in [-0.4, -0.2) is 44.0 Å². The van der Waals surface area contributed by atoms with Crippen molar-refractivity contribution in [1.82, 2.24) is 10.2 Å². The standard InChI is InChI=1S/C21H22Cl2N2O4/c1-28-14-6-8-19(29-2)15(11-14)18-4-3-9-25(18)20(26)12-24-21(27)13-5-7-16(22)17(23)10-13/h5-8,10-11,18H,3-4,9,12H2,1-2H3,(H,24,27)/t18-/m1/s1. The second kappa shape index (κ2) is 9.37. The average molecular weight is 437 g/mol. The first-order chi connectivity index (χ1) is 13.9. The molecule has 1 N–H and O–H groups in total. The highest BCUT2D eigenvalue weighted by Gasteiger charge is 2.32. The number of amides is 2. The number of likely N-dealkylation sites (tertiary alicyclic amines) is 1. The molecule has 6 nitrogen and oxygen atoms in total. The fraction of sp³-hybridized carbons (Fsp3) is 0.333. The van der Waals surface area contributed by atoms with Crippen LogP contribution in [0.1, 0.15) is 34.8 Å². The number of nitrogens with one attached hydrogen (secondary N) is 1. The maximum atomic E-state index is 12.8. The maximum absolute atomic E-state index is 12.8. The number of ether oxygens (including phenoxy) is 2. The lowest BCUT2D eigenvalue weighted by molar-refractivity contribution is -0.131. The lowest BCUT2D eigenvalue weighted by atomic mass is 10.0. The molecule has 0 radical (unpaired) electrons. The Labute approximate surface area is 179 Å². The summed E-state index contributed by atoms with van der Waals surface area (Å²) in [7, 11) is 3.20. The molecule has 2 amide bonds. The molecule has 1 saturated heterocycles. The van der Waals surface area contributed by atoms with E-state index in [1.807, 2.05) is 18.2 Å². The van der Waals surface area contributed by atoms with E-state index in [0.29, 0.717) is 28.6 Å². The first kappa shape index (κ1) is 21.3. The third kappa shape index (κ3) is 4.77. The molecular formula is C21H22Cl2N2O4. The van der Waals surface area contributed by atoms with Crippen molar-refractivity contribution in [2.45, 2.75) is 18.9 Å². The molecule has 0 aromatic heterocycles. The summed E-state index contributed by atoms with van der Waals surface area (Å²) in [4.78, 5) is 26.9. The topological polar surface area (TPSA) is 67.9 Å². The Balaban J connectivity index is 1.70. The van der Waals surface area contributed by atoms with Crippen LogP contribution < -0.4 is 14.8 Å². The van der Waals surface area contributed by atoms with E-state index >= 15 is 0 Å². The first-order valence-corrected chi connectivity index (χ1v) is 9.95. The minimum absolute atomic E-state index is 0.109. The number of carbonyl (C=O) groups is 2. The molecule has 1 heterocycles. The van der Waals surface area contributed by atoms with Gasteiger partial charge in [0.2, 0.25) is 5.91 Å². The summed E-state index contributed by atoms with van der Waals surface area (Å²) in [6.45, 7) is 0.508. The number of carbonyl (C=O) groups excluding carboxylic acids is 2. The molecule has 154 valence electrons. The van der Waals surface area contributed by atoms with Crippen LogP contribution in [0.25, 0.3) is 0 Å². The van der Waals surface area contributed by atoms with Crippen LogP contribution >= 0.6 is 23.2 Å². The summed E-state index contributed by atoms with van der Waals surface area (Å²) in [5, 5.41) is 3.31. The maximum Gasteiger partial charge on any atom is 0.251 e. The molecule has 2 aromatic carbocycles. The molecule has 0 saturated carbocycles. The Kier molecular flexibility index (Phi) is 6.87. The summed E-state index contributed by atoms with van der Waals surface area (Å²) in [5.74, 6) is 0.862. The minimum atomic E-state index is -0.383. The van der Waals surface area contributed by atoms with E-state index in [9.17, 15) is 9.59 Å². The Morgan fingerprint density at radius 1 is 1.10 bits per heavy atom. The summed E-state index contributed by atoms with van der Waals surface area (Å²) in [6.07, 6.45) is 1.69. The van der Waals surface area contributed by atoms with Gasteiger partial charge in [-0.3, -0.25) is 9.59 Å². The normalized spacial score (nSPS) is 15.9. The van der Waals surface area contributed by atoms with Gasteiger partial charge in [0.05, 0.1) is 36.9 Å². The molecule has 1 fully saturated rings. The van der Waals surface area contributed by atoms with Gasteiger partial charge in [-0.05, 0) is 49.2 Å². The van der Waals surface area contributed by atoms with Crippen molar-refractivity contribution in [2.24, 2.45) is 0 Å². The van der Waals surface area contributed by atoms with E-state index in [4.69, 9.17) is 32.7 Å². The second-order valence-electron chi connectivity index (χ2n) is 6.66. The minimum Gasteiger partial charge on any atom is -0.497 e. The summed E-state index contributed by atoms with van der Waals surface area (Å²) < 4.78 is 10.8. The van der Waals surface area contributed by atoms with Gasteiger partial charge in [0.1, 0.15) is 11.5 Å². The number of nitrogens with zero attached hydrogens (tertiary/aromatic N) is 1. The zero-order valence-electron chi connectivity index (χ0n) is 16.2. The van der Waals surface area contributed by atoms with Crippen molar-refractivity contribution in [3.63, 3.8) is 0 Å². The highest BCUT2D eigenvalue weighted by molar-refractivity contribution is 6.42. The van der Waals surface area contributed by atoms with Gasteiger partial charge in [0, 0.05) is 17.7 Å². The van der Waals surface area contributed by atoms with Crippen molar-refractivity contribution in [2.75, 3.05) is 27.3 Å². The second-order valence-corrected chi connectivity index (χ2v) is 7.48. The lowest BCUT2D eigenvalue weighted by Crippen LogP contribution is -2.39. The fourth-order valence-electron chi connectivity index (χ4n) is 3.49. The van der Waals surface area contributed by atoms with Crippen molar-refractivity contribution >= 4 is 35.0 Å². The highest BCUT2D eigenvalue weighted by Crippen LogP contribution is 2.38. The van der Waals surface area contributed by atoms with Crippen LogP contribution in [0, 0.1) is 0 Å². The molecule has 1 aliphatic rings. The summed E-state index contributed by atoms with van der Waals surface area (Å²) in [6, 6.07) is 10.0. The van der Waals surface area contributed by atoms with Crippen LogP contribution in [0.15, 0.2) is 36.4 Å². The average Bonchev–Trinajstić information content (AvgIpc) is 3.23. The Hall–Kier alpha value is -2.44. The number of rotatable bonds is 6.